The van der Waals surface area contributed by atoms with E-state index in [4.69, 9.17) is 16.3 Å². The second-order valence-electron chi connectivity index (χ2n) is 4.90. The second kappa shape index (κ2) is 7.80. The van der Waals surface area contributed by atoms with Gasteiger partial charge in [-0.15, -0.1) is 0 Å². The maximum Gasteiger partial charge on any atom is 0.126 e. The predicted molar refractivity (Wildman–Crippen MR) is 75.1 cm³/mol. The van der Waals surface area contributed by atoms with Crippen molar-refractivity contribution in [1.82, 2.24) is 5.32 Å². The molecule has 0 aliphatic heterocycles. The van der Waals surface area contributed by atoms with Crippen LogP contribution in [0.2, 0.25) is 5.02 Å². The van der Waals surface area contributed by atoms with Crippen LogP contribution in [0.5, 0.6) is 0 Å². The number of nitrogens with one attached hydrogen (secondary N) is 1. The molecule has 19 heavy (non-hydrogen) atoms. The molecular formula is C14H21ClFNO2. The molecule has 0 radical (unpaired) electrons. The first-order chi connectivity index (χ1) is 8.94. The van der Waals surface area contributed by atoms with E-state index in [1.165, 1.54) is 12.1 Å². The van der Waals surface area contributed by atoms with E-state index in [9.17, 15) is 9.50 Å². The summed E-state index contributed by atoms with van der Waals surface area (Å²) in [6.45, 7) is 3.72. The molecular weight excluding hydrogens is 269 g/mol. The summed E-state index contributed by atoms with van der Waals surface area (Å²) in [5, 5.41) is 13.9. The van der Waals surface area contributed by atoms with Crippen LogP contribution in [-0.4, -0.2) is 37.5 Å². The van der Waals surface area contributed by atoms with Crippen LogP contribution in [0, 0.1) is 5.82 Å². The lowest BCUT2D eigenvalue weighted by Gasteiger charge is -2.24. The molecule has 2 N–H and O–H groups in total. The highest BCUT2D eigenvalue weighted by molar-refractivity contribution is 6.30. The Bertz CT molecular complexity index is 399. The smallest absolute Gasteiger partial charge is 0.126 e. The minimum Gasteiger partial charge on any atom is -0.390 e. The van der Waals surface area contributed by atoms with Crippen LogP contribution >= 0.6 is 11.6 Å². The number of halogens is 2. The largest absolute Gasteiger partial charge is 0.390 e. The van der Waals surface area contributed by atoms with Crippen LogP contribution in [0.1, 0.15) is 18.9 Å². The summed E-state index contributed by atoms with van der Waals surface area (Å²) in [7, 11) is 1.64. The van der Waals surface area contributed by atoms with Gasteiger partial charge in [-0.1, -0.05) is 11.6 Å². The lowest BCUT2D eigenvalue weighted by Crippen LogP contribution is -2.33. The number of rotatable bonds is 8. The standard InChI is InChI=1S/C14H21ClFNO2/c1-14(18,5-6-17-7-8-19-2)10-11-9-12(15)3-4-13(11)16/h3-4,9,17-18H,5-8,10H2,1-2H3. The maximum absolute atomic E-state index is 13.6. The van der Waals surface area contributed by atoms with Crippen molar-refractivity contribution in [3.63, 3.8) is 0 Å². The summed E-state index contributed by atoms with van der Waals surface area (Å²) in [4.78, 5) is 0. The van der Waals surface area contributed by atoms with Crippen LogP contribution in [0.4, 0.5) is 4.39 Å². The minimum absolute atomic E-state index is 0.241. The molecule has 1 atom stereocenters. The minimum atomic E-state index is -0.967. The third-order valence-corrected chi connectivity index (χ3v) is 3.14. The van der Waals surface area contributed by atoms with Gasteiger partial charge in [0.1, 0.15) is 5.82 Å². The quantitative estimate of drug-likeness (QED) is 0.722. The molecule has 0 aromatic heterocycles. The van der Waals surface area contributed by atoms with Crippen LogP contribution in [-0.2, 0) is 11.2 Å². The molecule has 3 nitrogen and oxygen atoms in total. The Balaban J connectivity index is 2.46. The van der Waals surface area contributed by atoms with Gasteiger partial charge in [0.25, 0.3) is 0 Å². The Kier molecular flexibility index (Phi) is 6.72. The van der Waals surface area contributed by atoms with Crippen molar-refractivity contribution in [2.24, 2.45) is 0 Å². The third-order valence-electron chi connectivity index (χ3n) is 2.90. The molecule has 0 fully saturated rings. The summed E-state index contributed by atoms with van der Waals surface area (Å²) >= 11 is 5.83. The summed E-state index contributed by atoms with van der Waals surface area (Å²) in [6.07, 6.45) is 0.772. The molecule has 0 bridgehead atoms. The Labute approximate surface area is 118 Å². The van der Waals surface area contributed by atoms with Crippen molar-refractivity contribution < 1.29 is 14.2 Å². The highest BCUT2D eigenvalue weighted by Gasteiger charge is 2.22. The average Bonchev–Trinajstić information content (AvgIpc) is 2.33. The summed E-state index contributed by atoms with van der Waals surface area (Å²) in [5.74, 6) is -0.336. The maximum atomic E-state index is 13.6. The van der Waals surface area contributed by atoms with E-state index < -0.39 is 5.60 Å². The van der Waals surface area contributed by atoms with E-state index in [1.54, 1.807) is 20.1 Å². The zero-order valence-electron chi connectivity index (χ0n) is 11.4. The molecule has 1 unspecified atom stereocenters. The van der Waals surface area contributed by atoms with Crippen LogP contribution in [0.15, 0.2) is 18.2 Å². The molecule has 0 spiro atoms. The van der Waals surface area contributed by atoms with Gasteiger partial charge >= 0.3 is 0 Å². The fraction of sp³-hybridized carbons (Fsp3) is 0.571. The van der Waals surface area contributed by atoms with E-state index in [0.717, 1.165) is 6.54 Å². The predicted octanol–water partition coefficient (Wildman–Crippen LogP) is 2.40. The fourth-order valence-corrected chi connectivity index (χ4v) is 2.03. The molecule has 1 aromatic carbocycles. The fourth-order valence-electron chi connectivity index (χ4n) is 1.83. The van der Waals surface area contributed by atoms with Gasteiger partial charge in [0.2, 0.25) is 0 Å². The van der Waals surface area contributed by atoms with E-state index in [2.05, 4.69) is 5.32 Å². The molecule has 0 amide bonds. The van der Waals surface area contributed by atoms with Gasteiger partial charge in [-0.25, -0.2) is 4.39 Å². The number of aliphatic hydroxyl groups is 1. The van der Waals surface area contributed by atoms with Gasteiger partial charge in [0.05, 0.1) is 12.2 Å². The third kappa shape index (κ3) is 6.34. The zero-order valence-corrected chi connectivity index (χ0v) is 12.1. The summed E-state index contributed by atoms with van der Waals surface area (Å²) in [5.41, 5.74) is -0.527. The highest BCUT2D eigenvalue weighted by atomic mass is 35.5. The number of hydrogen-bond donors (Lipinski definition) is 2. The Morgan fingerprint density at radius 1 is 1.42 bits per heavy atom. The Hall–Kier alpha value is -0.680. The van der Waals surface area contributed by atoms with Crippen LogP contribution < -0.4 is 5.32 Å². The lowest BCUT2D eigenvalue weighted by atomic mass is 9.93. The molecule has 108 valence electrons. The SMILES string of the molecule is COCCNCCC(C)(O)Cc1cc(Cl)ccc1F. The highest BCUT2D eigenvalue weighted by Crippen LogP contribution is 2.21. The van der Waals surface area contributed by atoms with Crippen LogP contribution in [0.3, 0.4) is 0 Å². The van der Waals surface area contributed by atoms with Crippen LogP contribution in [0.25, 0.3) is 0 Å². The first-order valence-electron chi connectivity index (χ1n) is 6.30. The number of ether oxygens (including phenoxy) is 1. The van der Waals surface area contributed by atoms with Gasteiger partial charge in [0.15, 0.2) is 0 Å². The molecule has 0 aliphatic carbocycles. The van der Waals surface area contributed by atoms with Gasteiger partial charge in [-0.3, -0.25) is 0 Å². The van der Waals surface area contributed by atoms with E-state index in [-0.39, 0.29) is 12.2 Å². The molecule has 0 aliphatic rings. The van der Waals surface area contributed by atoms with Crippen molar-refractivity contribution in [2.75, 3.05) is 26.8 Å². The first-order valence-corrected chi connectivity index (χ1v) is 6.68. The molecule has 1 aromatic rings. The zero-order chi connectivity index (χ0) is 14.3. The molecule has 0 saturated carbocycles. The summed E-state index contributed by atoms with van der Waals surface area (Å²) in [6, 6.07) is 4.38. The van der Waals surface area contributed by atoms with Crippen molar-refractivity contribution in [3.8, 4) is 0 Å². The lowest BCUT2D eigenvalue weighted by molar-refractivity contribution is 0.0502. The second-order valence-corrected chi connectivity index (χ2v) is 5.34. The van der Waals surface area contributed by atoms with Crippen molar-refractivity contribution >= 4 is 11.6 Å². The summed E-state index contributed by atoms with van der Waals surface area (Å²) < 4.78 is 18.5. The van der Waals surface area contributed by atoms with E-state index >= 15 is 0 Å². The van der Waals surface area contributed by atoms with Crippen molar-refractivity contribution in [3.05, 3.63) is 34.6 Å². The topological polar surface area (TPSA) is 41.5 Å². The molecule has 0 heterocycles. The number of hydrogen-bond acceptors (Lipinski definition) is 3. The normalized spacial score (nSPS) is 14.4. The van der Waals surface area contributed by atoms with Crippen molar-refractivity contribution in [1.29, 1.82) is 0 Å². The average molecular weight is 290 g/mol. The van der Waals surface area contributed by atoms with E-state index in [1.807, 2.05) is 0 Å². The monoisotopic (exact) mass is 289 g/mol. The Morgan fingerprint density at radius 3 is 2.84 bits per heavy atom. The first kappa shape index (κ1) is 16.4. The van der Waals surface area contributed by atoms with Gasteiger partial charge in [-0.2, -0.15) is 0 Å². The van der Waals surface area contributed by atoms with Gasteiger partial charge in [0, 0.05) is 25.1 Å². The van der Waals surface area contributed by atoms with E-state index in [0.29, 0.717) is 30.2 Å². The van der Waals surface area contributed by atoms with Gasteiger partial charge < -0.3 is 15.2 Å². The molecule has 1 rings (SSSR count). The Morgan fingerprint density at radius 2 is 2.16 bits per heavy atom. The number of methoxy groups -OCH3 is 1. The number of benzene rings is 1. The molecule has 5 heteroatoms. The van der Waals surface area contributed by atoms with Gasteiger partial charge in [-0.05, 0) is 43.7 Å². The molecule has 0 saturated heterocycles. The van der Waals surface area contributed by atoms with Crippen molar-refractivity contribution in [2.45, 2.75) is 25.4 Å².